The number of nitrogens with one attached hydrogen (secondary N) is 1. The summed E-state index contributed by atoms with van der Waals surface area (Å²) in [4.78, 5) is 12.9. The first kappa shape index (κ1) is 22.5. The summed E-state index contributed by atoms with van der Waals surface area (Å²) in [5, 5.41) is 3.47. The average Bonchev–Trinajstić information content (AvgIpc) is 2.52. The SMILES string of the molecule is Cc1ccc([C@@H](C)NC(=O)[C@@H](C)N(c2cc(Cl)cc(Cl)c2)S(C)(=O)=O)c(C)c1. The minimum absolute atomic E-state index is 0.238. The summed E-state index contributed by atoms with van der Waals surface area (Å²) in [5.41, 5.74) is 3.40. The van der Waals surface area contributed by atoms with Gasteiger partial charge in [0.15, 0.2) is 0 Å². The Labute approximate surface area is 176 Å². The number of halogens is 2. The Morgan fingerprint density at radius 2 is 1.61 bits per heavy atom. The van der Waals surface area contributed by atoms with Crippen LogP contribution < -0.4 is 9.62 Å². The topological polar surface area (TPSA) is 66.5 Å². The smallest absolute Gasteiger partial charge is 0.244 e. The molecule has 2 atom stereocenters. The van der Waals surface area contributed by atoms with E-state index >= 15 is 0 Å². The lowest BCUT2D eigenvalue weighted by Gasteiger charge is -2.29. The van der Waals surface area contributed by atoms with E-state index < -0.39 is 22.0 Å². The molecule has 0 saturated heterocycles. The summed E-state index contributed by atoms with van der Waals surface area (Å²) < 4.78 is 25.8. The number of aryl methyl sites for hydroxylation is 2. The van der Waals surface area contributed by atoms with Crippen LogP contribution in [0.1, 0.15) is 36.6 Å². The van der Waals surface area contributed by atoms with Crippen LogP contribution in [0.3, 0.4) is 0 Å². The average molecular weight is 443 g/mol. The highest BCUT2D eigenvalue weighted by Gasteiger charge is 2.30. The monoisotopic (exact) mass is 442 g/mol. The highest BCUT2D eigenvalue weighted by molar-refractivity contribution is 7.92. The van der Waals surface area contributed by atoms with Gasteiger partial charge in [-0.05, 0) is 57.0 Å². The molecule has 0 unspecified atom stereocenters. The van der Waals surface area contributed by atoms with E-state index in [4.69, 9.17) is 23.2 Å². The van der Waals surface area contributed by atoms with E-state index in [1.807, 2.05) is 39.0 Å². The van der Waals surface area contributed by atoms with Crippen LogP contribution in [0.25, 0.3) is 0 Å². The van der Waals surface area contributed by atoms with Crippen LogP contribution >= 0.6 is 23.2 Å². The molecule has 1 amide bonds. The van der Waals surface area contributed by atoms with Crippen LogP contribution in [0.2, 0.25) is 10.0 Å². The molecule has 28 heavy (non-hydrogen) atoms. The Kier molecular flexibility index (Phi) is 7.02. The number of sulfonamides is 1. The highest BCUT2D eigenvalue weighted by atomic mass is 35.5. The highest BCUT2D eigenvalue weighted by Crippen LogP contribution is 2.29. The molecule has 2 aromatic rings. The molecule has 0 aliphatic rings. The standard InChI is InChI=1S/C20H24Cl2N2O3S/c1-12-6-7-19(13(2)8-12)14(3)23-20(25)15(4)24(28(5,26)27)18-10-16(21)9-17(22)11-18/h6-11,14-15H,1-5H3,(H,23,25)/t14-,15-/m1/s1. The number of rotatable bonds is 6. The fourth-order valence-corrected chi connectivity index (χ4v) is 4.87. The number of carbonyl (C=O) groups excluding carboxylic acids is 1. The van der Waals surface area contributed by atoms with Crippen molar-refractivity contribution in [3.8, 4) is 0 Å². The van der Waals surface area contributed by atoms with E-state index in [1.54, 1.807) is 0 Å². The third-order valence-corrected chi connectivity index (χ3v) is 6.12. The van der Waals surface area contributed by atoms with Crippen molar-refractivity contribution in [3.05, 3.63) is 63.1 Å². The van der Waals surface area contributed by atoms with Gasteiger partial charge >= 0.3 is 0 Å². The van der Waals surface area contributed by atoms with Crippen molar-refractivity contribution in [1.82, 2.24) is 5.32 Å². The fourth-order valence-electron chi connectivity index (χ4n) is 3.20. The molecule has 0 fully saturated rings. The van der Waals surface area contributed by atoms with Crippen molar-refractivity contribution >= 4 is 44.8 Å². The molecule has 0 aliphatic heterocycles. The van der Waals surface area contributed by atoms with Crippen LogP contribution in [0, 0.1) is 13.8 Å². The Hall–Kier alpha value is -1.76. The Morgan fingerprint density at radius 1 is 1.04 bits per heavy atom. The molecule has 0 spiro atoms. The molecule has 8 heteroatoms. The van der Waals surface area contributed by atoms with Crippen molar-refractivity contribution in [1.29, 1.82) is 0 Å². The number of nitrogens with zero attached hydrogens (tertiary/aromatic N) is 1. The number of benzene rings is 2. The van der Waals surface area contributed by atoms with Gasteiger partial charge in [0, 0.05) is 10.0 Å². The molecule has 0 aliphatic carbocycles. The molecule has 5 nitrogen and oxygen atoms in total. The Balaban J connectivity index is 2.31. The zero-order valence-electron chi connectivity index (χ0n) is 16.5. The molecule has 0 bridgehead atoms. The van der Waals surface area contributed by atoms with Crippen molar-refractivity contribution in [2.75, 3.05) is 10.6 Å². The maximum absolute atomic E-state index is 12.9. The summed E-state index contributed by atoms with van der Waals surface area (Å²) in [6.07, 6.45) is 1.04. The van der Waals surface area contributed by atoms with Crippen molar-refractivity contribution < 1.29 is 13.2 Å². The largest absolute Gasteiger partial charge is 0.348 e. The zero-order chi connectivity index (χ0) is 21.2. The molecule has 0 aromatic heterocycles. The first-order valence-corrected chi connectivity index (χ1v) is 11.3. The molecule has 2 aromatic carbocycles. The predicted molar refractivity (Wildman–Crippen MR) is 116 cm³/mol. The van der Waals surface area contributed by atoms with E-state index in [9.17, 15) is 13.2 Å². The lowest BCUT2D eigenvalue weighted by Crippen LogP contribution is -2.48. The lowest BCUT2D eigenvalue weighted by atomic mass is 10.00. The Bertz CT molecular complexity index is 973. The predicted octanol–water partition coefficient (Wildman–Crippen LogP) is 4.64. The summed E-state index contributed by atoms with van der Waals surface area (Å²) in [6.45, 7) is 7.37. The van der Waals surface area contributed by atoms with E-state index in [2.05, 4.69) is 5.32 Å². The van der Waals surface area contributed by atoms with Crippen LogP contribution in [0.5, 0.6) is 0 Å². The van der Waals surface area contributed by atoms with Crippen molar-refractivity contribution in [3.63, 3.8) is 0 Å². The van der Waals surface area contributed by atoms with Crippen molar-refractivity contribution in [2.45, 2.75) is 39.8 Å². The van der Waals surface area contributed by atoms with Gasteiger partial charge < -0.3 is 5.32 Å². The second kappa shape index (κ2) is 8.72. The minimum atomic E-state index is -3.75. The minimum Gasteiger partial charge on any atom is -0.348 e. The molecule has 0 saturated carbocycles. The first-order valence-electron chi connectivity index (χ1n) is 8.73. The number of hydrogen-bond acceptors (Lipinski definition) is 3. The number of amides is 1. The molecule has 0 radical (unpaired) electrons. The van der Waals surface area contributed by atoms with E-state index in [1.165, 1.54) is 25.1 Å². The van der Waals surface area contributed by atoms with Crippen LogP contribution in [-0.2, 0) is 14.8 Å². The van der Waals surface area contributed by atoms with E-state index in [0.29, 0.717) is 0 Å². The summed E-state index contributed by atoms with van der Waals surface area (Å²) >= 11 is 12.0. The zero-order valence-corrected chi connectivity index (χ0v) is 18.8. The van der Waals surface area contributed by atoms with Gasteiger partial charge in [0.05, 0.1) is 18.0 Å². The number of hydrogen-bond donors (Lipinski definition) is 1. The fraction of sp³-hybridized carbons (Fsp3) is 0.350. The molecule has 2 rings (SSSR count). The number of carbonyl (C=O) groups is 1. The van der Waals surface area contributed by atoms with Crippen LogP contribution in [-0.4, -0.2) is 26.6 Å². The van der Waals surface area contributed by atoms with Gasteiger partial charge in [-0.25, -0.2) is 8.42 Å². The molecular formula is C20H24Cl2N2O3S. The quantitative estimate of drug-likeness (QED) is 0.707. The summed E-state index contributed by atoms with van der Waals surface area (Å²) in [5.74, 6) is -0.422. The summed E-state index contributed by atoms with van der Waals surface area (Å²) in [7, 11) is -3.75. The number of anilines is 1. The van der Waals surface area contributed by atoms with Gasteiger partial charge in [-0.2, -0.15) is 0 Å². The van der Waals surface area contributed by atoms with Gasteiger partial charge in [-0.15, -0.1) is 0 Å². The molecular weight excluding hydrogens is 419 g/mol. The summed E-state index contributed by atoms with van der Waals surface area (Å²) in [6, 6.07) is 9.14. The van der Waals surface area contributed by atoms with Gasteiger partial charge in [-0.3, -0.25) is 9.10 Å². The first-order chi connectivity index (χ1) is 12.9. The van der Waals surface area contributed by atoms with Gasteiger partial charge in [0.25, 0.3) is 0 Å². The van der Waals surface area contributed by atoms with Gasteiger partial charge in [0.2, 0.25) is 15.9 Å². The maximum atomic E-state index is 12.9. The van der Waals surface area contributed by atoms with Crippen LogP contribution in [0.15, 0.2) is 36.4 Å². The third-order valence-electron chi connectivity index (χ3n) is 4.44. The van der Waals surface area contributed by atoms with Gasteiger partial charge in [-0.1, -0.05) is 47.0 Å². The van der Waals surface area contributed by atoms with E-state index in [0.717, 1.165) is 27.3 Å². The molecule has 1 N–H and O–H groups in total. The maximum Gasteiger partial charge on any atom is 0.244 e. The normalized spacial score (nSPS) is 13.7. The van der Waals surface area contributed by atoms with Crippen LogP contribution in [0.4, 0.5) is 5.69 Å². The third kappa shape index (κ3) is 5.40. The molecule has 152 valence electrons. The van der Waals surface area contributed by atoms with E-state index in [-0.39, 0.29) is 21.8 Å². The molecule has 0 heterocycles. The van der Waals surface area contributed by atoms with Gasteiger partial charge in [0.1, 0.15) is 6.04 Å². The van der Waals surface area contributed by atoms with Crippen molar-refractivity contribution in [2.24, 2.45) is 0 Å². The lowest BCUT2D eigenvalue weighted by molar-refractivity contribution is -0.122. The second-order valence-corrected chi connectivity index (χ2v) is 9.69. The second-order valence-electron chi connectivity index (χ2n) is 6.95. The Morgan fingerprint density at radius 3 is 2.11 bits per heavy atom.